The van der Waals surface area contributed by atoms with E-state index in [1.165, 1.54) is 108 Å². The smallest absolute Gasteiger partial charge is 0.0547 e. The van der Waals surface area contributed by atoms with E-state index in [1.807, 2.05) is 11.3 Å². The average molecular weight is 717 g/mol. The number of aromatic nitrogens is 2. The van der Waals surface area contributed by atoms with Gasteiger partial charge in [0.15, 0.2) is 0 Å². The van der Waals surface area contributed by atoms with Crippen LogP contribution in [0.15, 0.2) is 194 Å². The van der Waals surface area contributed by atoms with Crippen LogP contribution in [0.1, 0.15) is 0 Å². The zero-order chi connectivity index (χ0) is 36.0. The minimum atomic E-state index is 1.18. The molecule has 0 saturated carbocycles. The first-order chi connectivity index (χ1) is 27.3. The Morgan fingerprint density at radius 3 is 1.75 bits per heavy atom. The summed E-state index contributed by atoms with van der Waals surface area (Å²) in [7, 11) is 0. The van der Waals surface area contributed by atoms with Crippen LogP contribution in [-0.4, -0.2) is 9.13 Å². The van der Waals surface area contributed by atoms with Gasteiger partial charge in [-0.05, 0) is 94.2 Å². The summed E-state index contributed by atoms with van der Waals surface area (Å²) in [4.78, 5) is 0. The molecular formula is C52H32N2S. The van der Waals surface area contributed by atoms with Crippen molar-refractivity contribution >= 4 is 85.9 Å². The van der Waals surface area contributed by atoms with Gasteiger partial charge in [0, 0.05) is 53.0 Å². The molecule has 3 heterocycles. The van der Waals surface area contributed by atoms with Gasteiger partial charge in [-0.2, -0.15) is 0 Å². The van der Waals surface area contributed by atoms with Crippen molar-refractivity contribution in [2.75, 3.05) is 0 Å². The molecule has 0 N–H and O–H groups in total. The lowest BCUT2D eigenvalue weighted by molar-refractivity contribution is 1.18. The Bertz CT molecular complexity index is 3490. The third kappa shape index (κ3) is 4.60. The summed E-state index contributed by atoms with van der Waals surface area (Å²) in [5, 5.41) is 10.2. The van der Waals surface area contributed by atoms with E-state index in [1.54, 1.807) is 0 Å². The molecule has 0 saturated heterocycles. The predicted octanol–water partition coefficient (Wildman–Crippen LogP) is 14.7. The molecule has 0 spiro atoms. The van der Waals surface area contributed by atoms with Crippen molar-refractivity contribution in [3.63, 3.8) is 0 Å². The summed E-state index contributed by atoms with van der Waals surface area (Å²) in [6, 6.07) is 71.5. The highest BCUT2D eigenvalue weighted by molar-refractivity contribution is 7.25. The molecule has 3 heteroatoms. The highest BCUT2D eigenvalue weighted by atomic mass is 32.1. The van der Waals surface area contributed by atoms with E-state index in [2.05, 4.69) is 203 Å². The normalized spacial score (nSPS) is 12.0. The summed E-state index contributed by atoms with van der Waals surface area (Å²) in [6.45, 7) is 0. The van der Waals surface area contributed by atoms with Crippen LogP contribution in [0.3, 0.4) is 0 Å². The van der Waals surface area contributed by atoms with Gasteiger partial charge in [0.1, 0.15) is 0 Å². The third-order valence-corrected chi connectivity index (χ3v) is 12.6. The van der Waals surface area contributed by atoms with Crippen molar-refractivity contribution in [1.82, 2.24) is 9.13 Å². The second-order valence-electron chi connectivity index (χ2n) is 14.5. The second kappa shape index (κ2) is 11.8. The molecule has 55 heavy (non-hydrogen) atoms. The summed E-state index contributed by atoms with van der Waals surface area (Å²) in [5.74, 6) is 0. The van der Waals surface area contributed by atoms with E-state index in [-0.39, 0.29) is 0 Å². The summed E-state index contributed by atoms with van der Waals surface area (Å²) in [6.07, 6.45) is 0. The summed E-state index contributed by atoms with van der Waals surface area (Å²) < 4.78 is 7.54. The van der Waals surface area contributed by atoms with Gasteiger partial charge in [-0.3, -0.25) is 0 Å². The van der Waals surface area contributed by atoms with Gasteiger partial charge in [0.25, 0.3) is 0 Å². The Balaban J connectivity index is 1.07. The third-order valence-electron chi connectivity index (χ3n) is 11.5. The Labute approximate surface area is 321 Å². The standard InChI is InChI=1S/C52H32N2S/c1-2-12-33(13-3-1)39-16-6-9-19-46(39)54-47-20-10-7-17-40(47)43-29-36(23-27-49(43)54)37-22-26-48-44(30-37)45-28-34-14-4-5-15-35(34)31-50(45)53(48)38-24-25-42-41-18-8-11-21-51(41)55-52(42)32-38/h1-32H. The molecule has 0 aliphatic rings. The van der Waals surface area contributed by atoms with Crippen molar-refractivity contribution in [3.8, 4) is 33.6 Å². The molecule has 9 aromatic carbocycles. The molecule has 0 fully saturated rings. The highest BCUT2D eigenvalue weighted by Crippen LogP contribution is 2.42. The lowest BCUT2D eigenvalue weighted by atomic mass is 10.00. The summed E-state index contributed by atoms with van der Waals surface area (Å²) in [5.41, 5.74) is 12.1. The summed E-state index contributed by atoms with van der Waals surface area (Å²) >= 11 is 1.87. The number of hydrogen-bond acceptors (Lipinski definition) is 1. The van der Waals surface area contributed by atoms with Gasteiger partial charge in [0.2, 0.25) is 0 Å². The van der Waals surface area contributed by atoms with Crippen LogP contribution in [0.4, 0.5) is 0 Å². The number of thiophene rings is 1. The number of para-hydroxylation sites is 2. The predicted molar refractivity (Wildman–Crippen MR) is 236 cm³/mol. The van der Waals surface area contributed by atoms with E-state index in [0.29, 0.717) is 0 Å². The first-order valence-corrected chi connectivity index (χ1v) is 19.7. The van der Waals surface area contributed by atoms with Crippen molar-refractivity contribution < 1.29 is 0 Å². The molecule has 0 aliphatic carbocycles. The van der Waals surface area contributed by atoms with E-state index in [4.69, 9.17) is 0 Å². The monoisotopic (exact) mass is 716 g/mol. The molecule has 3 aromatic heterocycles. The Hall–Kier alpha value is -6.94. The number of rotatable bonds is 4. The molecule has 0 atom stereocenters. The minimum Gasteiger partial charge on any atom is -0.309 e. The van der Waals surface area contributed by atoms with Crippen molar-refractivity contribution in [1.29, 1.82) is 0 Å². The molecule has 0 unspecified atom stereocenters. The Morgan fingerprint density at radius 1 is 0.309 bits per heavy atom. The fourth-order valence-electron chi connectivity index (χ4n) is 8.96. The molecule has 12 rings (SSSR count). The second-order valence-corrected chi connectivity index (χ2v) is 15.6. The first kappa shape index (κ1) is 30.5. The molecule has 0 amide bonds. The van der Waals surface area contributed by atoms with Crippen LogP contribution in [-0.2, 0) is 0 Å². The van der Waals surface area contributed by atoms with Crippen LogP contribution in [0.25, 0.3) is 108 Å². The fraction of sp³-hybridized carbons (Fsp3) is 0. The lowest BCUT2D eigenvalue weighted by Gasteiger charge is -2.14. The topological polar surface area (TPSA) is 9.86 Å². The molecule has 0 aliphatic heterocycles. The van der Waals surface area contributed by atoms with Gasteiger partial charge in [-0.1, -0.05) is 127 Å². The van der Waals surface area contributed by atoms with Gasteiger partial charge < -0.3 is 9.13 Å². The number of hydrogen-bond donors (Lipinski definition) is 0. The van der Waals surface area contributed by atoms with Crippen molar-refractivity contribution in [2.24, 2.45) is 0 Å². The van der Waals surface area contributed by atoms with Crippen LogP contribution >= 0.6 is 11.3 Å². The Morgan fingerprint density at radius 2 is 0.909 bits per heavy atom. The molecule has 0 radical (unpaired) electrons. The van der Waals surface area contributed by atoms with Crippen LogP contribution in [0.5, 0.6) is 0 Å². The maximum atomic E-state index is 2.46. The first-order valence-electron chi connectivity index (χ1n) is 18.8. The van der Waals surface area contributed by atoms with Crippen molar-refractivity contribution in [2.45, 2.75) is 0 Å². The fourth-order valence-corrected chi connectivity index (χ4v) is 10.1. The molecule has 12 aromatic rings. The van der Waals surface area contributed by atoms with E-state index < -0.39 is 0 Å². The lowest BCUT2D eigenvalue weighted by Crippen LogP contribution is -1.97. The molecule has 2 nitrogen and oxygen atoms in total. The van der Waals surface area contributed by atoms with Gasteiger partial charge in [-0.25, -0.2) is 0 Å². The minimum absolute atomic E-state index is 1.18. The maximum Gasteiger partial charge on any atom is 0.0547 e. The van der Waals surface area contributed by atoms with Crippen LogP contribution in [0, 0.1) is 0 Å². The molecular weight excluding hydrogens is 685 g/mol. The quantitative estimate of drug-likeness (QED) is 0.172. The molecule has 0 bridgehead atoms. The number of fused-ring (bicyclic) bond motifs is 10. The van der Waals surface area contributed by atoms with Gasteiger partial charge in [0.05, 0.1) is 27.8 Å². The Kier molecular flexibility index (Phi) is 6.54. The molecule has 256 valence electrons. The van der Waals surface area contributed by atoms with Gasteiger partial charge >= 0.3 is 0 Å². The van der Waals surface area contributed by atoms with E-state index in [9.17, 15) is 0 Å². The van der Waals surface area contributed by atoms with Crippen LogP contribution < -0.4 is 0 Å². The van der Waals surface area contributed by atoms with Crippen molar-refractivity contribution in [3.05, 3.63) is 194 Å². The average Bonchev–Trinajstić information content (AvgIpc) is 3.89. The zero-order valence-electron chi connectivity index (χ0n) is 29.8. The number of benzene rings is 9. The van der Waals surface area contributed by atoms with E-state index >= 15 is 0 Å². The zero-order valence-corrected chi connectivity index (χ0v) is 30.6. The highest BCUT2D eigenvalue weighted by Gasteiger charge is 2.19. The van der Waals surface area contributed by atoms with E-state index in [0.717, 1.165) is 0 Å². The number of nitrogens with zero attached hydrogens (tertiary/aromatic N) is 2. The van der Waals surface area contributed by atoms with Crippen LogP contribution in [0.2, 0.25) is 0 Å². The van der Waals surface area contributed by atoms with Gasteiger partial charge in [-0.15, -0.1) is 11.3 Å². The maximum absolute atomic E-state index is 2.46. The largest absolute Gasteiger partial charge is 0.309 e. The SMILES string of the molecule is c1ccc(-c2ccccc2-n2c3ccccc3c3cc(-c4ccc5c(c4)c4cc6ccccc6cc4n5-c4ccc5c(c4)sc4ccccc45)ccc32)cc1.